The van der Waals surface area contributed by atoms with Crippen LogP contribution in [0.2, 0.25) is 0 Å². The largest absolute Gasteiger partial charge is 0.459 e. The molecule has 2 aliphatic carbocycles. The Morgan fingerprint density at radius 1 is 1.47 bits per heavy atom. The number of carbonyl (C=O) groups is 1. The molecule has 3 fully saturated rings. The van der Waals surface area contributed by atoms with Crippen LogP contribution < -0.4 is 0 Å². The first-order valence-corrected chi connectivity index (χ1v) is 6.10. The third-order valence-electron chi connectivity index (χ3n) is 4.21. The van der Waals surface area contributed by atoms with E-state index in [4.69, 9.17) is 9.47 Å². The molecule has 5 atom stereocenters. The van der Waals surface area contributed by atoms with Crippen molar-refractivity contribution in [2.24, 2.45) is 17.8 Å². The molecular weight excluding hydrogens is 226 g/mol. The highest BCUT2D eigenvalue weighted by molar-refractivity contribution is 5.76. The molecule has 1 saturated heterocycles. The third-order valence-corrected chi connectivity index (χ3v) is 4.21. The second-order valence-corrected chi connectivity index (χ2v) is 5.15. The Labute approximate surface area is 98.4 Å². The zero-order valence-electron chi connectivity index (χ0n) is 9.41. The third kappa shape index (κ3) is 1.71. The lowest BCUT2D eigenvalue weighted by Crippen LogP contribution is -2.34. The van der Waals surface area contributed by atoms with Crippen LogP contribution in [0.1, 0.15) is 19.3 Å². The van der Waals surface area contributed by atoms with Crippen LogP contribution in [0.25, 0.3) is 0 Å². The van der Waals surface area contributed by atoms with Gasteiger partial charge in [-0.15, -0.1) is 0 Å². The summed E-state index contributed by atoms with van der Waals surface area (Å²) in [6.45, 7) is 0.321. The Balaban J connectivity index is 1.53. The number of esters is 1. The summed E-state index contributed by atoms with van der Waals surface area (Å²) in [4.78, 5) is 21.3. The minimum Gasteiger partial charge on any atom is -0.459 e. The summed E-state index contributed by atoms with van der Waals surface area (Å²) in [5, 5.41) is 10.2. The quantitative estimate of drug-likeness (QED) is 0.305. The van der Waals surface area contributed by atoms with E-state index in [9.17, 15) is 14.9 Å². The Morgan fingerprint density at radius 3 is 3.06 bits per heavy atom. The molecule has 0 aromatic heterocycles. The molecule has 6 nitrogen and oxygen atoms in total. The first-order valence-electron chi connectivity index (χ1n) is 6.10. The highest BCUT2D eigenvalue weighted by Crippen LogP contribution is 2.55. The predicted molar refractivity (Wildman–Crippen MR) is 55.8 cm³/mol. The van der Waals surface area contributed by atoms with Gasteiger partial charge in [-0.2, -0.15) is 0 Å². The zero-order valence-corrected chi connectivity index (χ0v) is 9.41. The van der Waals surface area contributed by atoms with E-state index in [1.807, 2.05) is 0 Å². The average Bonchev–Trinajstić information content (AvgIpc) is 2.86. The fourth-order valence-electron chi connectivity index (χ4n) is 3.55. The van der Waals surface area contributed by atoms with Gasteiger partial charge in [-0.25, -0.2) is 0 Å². The molecule has 0 radical (unpaired) electrons. The average molecular weight is 241 g/mol. The van der Waals surface area contributed by atoms with Crippen LogP contribution >= 0.6 is 0 Å². The summed E-state index contributed by atoms with van der Waals surface area (Å²) in [6.07, 6.45) is 2.21. The number of fused-ring (bicyclic) bond motifs is 1. The fraction of sp³-hybridized carbons (Fsp3) is 0.909. The molecule has 3 aliphatic rings. The molecule has 0 amide bonds. The van der Waals surface area contributed by atoms with Crippen molar-refractivity contribution < 1.29 is 19.2 Å². The van der Waals surface area contributed by atoms with Crippen LogP contribution in [-0.2, 0) is 14.3 Å². The first-order chi connectivity index (χ1) is 8.16. The van der Waals surface area contributed by atoms with Crippen LogP contribution in [0, 0.1) is 27.9 Å². The maximum Gasteiger partial charge on any atom is 0.309 e. The van der Waals surface area contributed by atoms with Gasteiger partial charge in [-0.1, -0.05) is 0 Å². The summed E-state index contributed by atoms with van der Waals surface area (Å²) in [6, 6.07) is 0. The minimum absolute atomic E-state index is 0.0190. The lowest BCUT2D eigenvalue weighted by Gasteiger charge is -2.25. The number of carbonyl (C=O) groups excluding carboxylic acids is 1. The monoisotopic (exact) mass is 241 g/mol. The van der Waals surface area contributed by atoms with E-state index in [0.717, 1.165) is 12.8 Å². The number of ether oxygens (including phenoxy) is 2. The molecule has 5 unspecified atom stereocenters. The Bertz CT molecular complexity index is 358. The van der Waals surface area contributed by atoms with Gasteiger partial charge in [-0.3, -0.25) is 14.9 Å². The van der Waals surface area contributed by atoms with Gasteiger partial charge in [-0.05, 0) is 18.8 Å². The van der Waals surface area contributed by atoms with E-state index in [1.165, 1.54) is 0 Å². The van der Waals surface area contributed by atoms with E-state index >= 15 is 0 Å². The Hall–Kier alpha value is -1.17. The number of rotatable bonds is 5. The molecule has 0 aromatic carbocycles. The van der Waals surface area contributed by atoms with E-state index < -0.39 is 0 Å². The van der Waals surface area contributed by atoms with Crippen LogP contribution in [0.3, 0.4) is 0 Å². The SMILES string of the molecule is O=C1OC2C3CC(CC13)C2OCCC[N+](=O)[O-]. The molecule has 2 bridgehead atoms. The second kappa shape index (κ2) is 3.94. The van der Waals surface area contributed by atoms with Crippen molar-refractivity contribution in [1.82, 2.24) is 0 Å². The fourth-order valence-corrected chi connectivity index (χ4v) is 3.55. The van der Waals surface area contributed by atoms with Crippen LogP contribution in [0.15, 0.2) is 0 Å². The van der Waals surface area contributed by atoms with Crippen molar-refractivity contribution in [2.45, 2.75) is 31.5 Å². The van der Waals surface area contributed by atoms with Gasteiger partial charge in [0.25, 0.3) is 0 Å². The van der Waals surface area contributed by atoms with Crippen LogP contribution in [-0.4, -0.2) is 36.3 Å². The molecule has 94 valence electrons. The number of nitro groups is 1. The van der Waals surface area contributed by atoms with Gasteiger partial charge in [0.1, 0.15) is 6.10 Å². The molecule has 17 heavy (non-hydrogen) atoms. The number of hydrogen-bond acceptors (Lipinski definition) is 5. The van der Waals surface area contributed by atoms with Crippen molar-refractivity contribution in [3.63, 3.8) is 0 Å². The highest BCUT2D eigenvalue weighted by Gasteiger charge is 2.62. The summed E-state index contributed by atoms with van der Waals surface area (Å²) in [5.74, 6) is 0.785. The minimum atomic E-state index is -0.338. The second-order valence-electron chi connectivity index (χ2n) is 5.15. The van der Waals surface area contributed by atoms with Crippen molar-refractivity contribution >= 4 is 5.97 Å². The van der Waals surface area contributed by atoms with Gasteiger partial charge >= 0.3 is 5.97 Å². The summed E-state index contributed by atoms with van der Waals surface area (Å²) in [7, 11) is 0. The van der Waals surface area contributed by atoms with Crippen LogP contribution in [0.4, 0.5) is 0 Å². The first kappa shape index (κ1) is 11.0. The van der Waals surface area contributed by atoms with E-state index in [1.54, 1.807) is 0 Å². The maximum absolute atomic E-state index is 11.5. The van der Waals surface area contributed by atoms with E-state index in [2.05, 4.69) is 0 Å². The molecule has 0 N–H and O–H groups in total. The normalized spacial score (nSPS) is 41.9. The van der Waals surface area contributed by atoms with Crippen molar-refractivity contribution in [3.8, 4) is 0 Å². The van der Waals surface area contributed by atoms with E-state index in [-0.39, 0.29) is 35.6 Å². The van der Waals surface area contributed by atoms with Crippen LogP contribution in [0.5, 0.6) is 0 Å². The van der Waals surface area contributed by atoms with Gasteiger partial charge in [0.2, 0.25) is 6.54 Å². The molecular formula is C11H15NO5. The molecule has 0 spiro atoms. The van der Waals surface area contributed by atoms with Gasteiger partial charge in [0, 0.05) is 17.3 Å². The molecule has 3 rings (SSSR count). The van der Waals surface area contributed by atoms with Crippen molar-refractivity contribution in [1.29, 1.82) is 0 Å². The Kier molecular flexibility index (Phi) is 2.54. The zero-order chi connectivity index (χ0) is 12.0. The molecule has 0 aromatic rings. The number of hydrogen-bond donors (Lipinski definition) is 0. The highest BCUT2D eigenvalue weighted by atomic mass is 16.6. The summed E-state index contributed by atoms with van der Waals surface area (Å²) < 4.78 is 11.0. The van der Waals surface area contributed by atoms with Crippen molar-refractivity contribution in [3.05, 3.63) is 10.1 Å². The van der Waals surface area contributed by atoms with Crippen molar-refractivity contribution in [2.75, 3.05) is 13.2 Å². The lowest BCUT2D eigenvalue weighted by atomic mass is 9.88. The summed E-state index contributed by atoms with van der Waals surface area (Å²) >= 11 is 0. The molecule has 1 aliphatic heterocycles. The predicted octanol–water partition coefficient (Wildman–Crippen LogP) is 0.620. The maximum atomic E-state index is 11.5. The Morgan fingerprint density at radius 2 is 2.29 bits per heavy atom. The standard InChI is InChI=1S/C11H15NO5/c13-11-8-5-6-4-7(8)10(17-11)9(6)16-3-1-2-12(14)15/h6-10H,1-5H2. The summed E-state index contributed by atoms with van der Waals surface area (Å²) in [5.41, 5.74) is 0. The van der Waals surface area contributed by atoms with Gasteiger partial charge in [0.05, 0.1) is 18.6 Å². The molecule has 6 heteroatoms. The van der Waals surface area contributed by atoms with Gasteiger partial charge < -0.3 is 9.47 Å². The lowest BCUT2D eigenvalue weighted by molar-refractivity contribution is -0.481. The smallest absolute Gasteiger partial charge is 0.309 e. The molecule has 1 heterocycles. The topological polar surface area (TPSA) is 78.7 Å². The molecule has 2 saturated carbocycles. The van der Waals surface area contributed by atoms with Gasteiger partial charge in [0.15, 0.2) is 0 Å². The van der Waals surface area contributed by atoms with E-state index in [0.29, 0.717) is 24.9 Å². The number of nitrogens with zero attached hydrogens (tertiary/aromatic N) is 1.